The van der Waals surface area contributed by atoms with E-state index in [2.05, 4.69) is 42.4 Å². The topological polar surface area (TPSA) is 15.3 Å². The molecule has 0 unspecified atom stereocenters. The summed E-state index contributed by atoms with van der Waals surface area (Å²) in [6, 6.07) is 7.59. The van der Waals surface area contributed by atoms with Crippen molar-refractivity contribution >= 4 is 5.69 Å². The predicted molar refractivity (Wildman–Crippen MR) is 79.2 cm³/mol. The van der Waals surface area contributed by atoms with Crippen LogP contribution in [0.1, 0.15) is 43.2 Å². The minimum absolute atomic E-state index is 0.743. The van der Waals surface area contributed by atoms with Crippen molar-refractivity contribution in [1.82, 2.24) is 5.32 Å². The van der Waals surface area contributed by atoms with E-state index in [9.17, 15) is 0 Å². The number of hydrogen-bond acceptors (Lipinski definition) is 2. The Morgan fingerprint density at radius 1 is 1.22 bits per heavy atom. The molecule has 0 spiro atoms. The highest BCUT2D eigenvalue weighted by molar-refractivity contribution is 5.54. The van der Waals surface area contributed by atoms with Crippen molar-refractivity contribution in [2.24, 2.45) is 0 Å². The molecule has 1 fully saturated rings. The molecule has 2 rings (SSSR count). The molecule has 1 saturated carbocycles. The Morgan fingerprint density at radius 2 is 1.94 bits per heavy atom. The standard InChI is InChI=1S/C16H26N2/c1-13-11-14(12-17-2)9-10-16(13)18(3)15-7-5-4-6-8-15/h9-11,15,17H,4-8,12H2,1-3H3. The number of anilines is 1. The Bertz CT molecular complexity index is 381. The molecule has 0 atom stereocenters. The first-order chi connectivity index (χ1) is 8.72. The van der Waals surface area contributed by atoms with Crippen LogP contribution in [0.2, 0.25) is 0 Å². The fraction of sp³-hybridized carbons (Fsp3) is 0.625. The van der Waals surface area contributed by atoms with E-state index >= 15 is 0 Å². The average molecular weight is 246 g/mol. The van der Waals surface area contributed by atoms with Crippen LogP contribution in [0.4, 0.5) is 5.69 Å². The molecular formula is C16H26N2. The Kier molecular flexibility index (Phi) is 4.65. The van der Waals surface area contributed by atoms with Gasteiger partial charge in [-0.3, -0.25) is 0 Å². The molecule has 0 bridgehead atoms. The summed E-state index contributed by atoms with van der Waals surface area (Å²) in [5, 5.41) is 3.21. The van der Waals surface area contributed by atoms with Crippen LogP contribution < -0.4 is 10.2 Å². The molecule has 100 valence electrons. The third-order valence-electron chi connectivity index (χ3n) is 4.14. The summed E-state index contributed by atoms with van der Waals surface area (Å²) in [4.78, 5) is 2.50. The van der Waals surface area contributed by atoms with Gasteiger partial charge in [0.15, 0.2) is 0 Å². The summed E-state index contributed by atoms with van der Waals surface area (Å²) in [6.07, 6.45) is 6.92. The quantitative estimate of drug-likeness (QED) is 0.875. The van der Waals surface area contributed by atoms with Gasteiger partial charge in [-0.25, -0.2) is 0 Å². The van der Waals surface area contributed by atoms with E-state index in [0.29, 0.717) is 0 Å². The van der Waals surface area contributed by atoms with Crippen LogP contribution in [0.15, 0.2) is 18.2 Å². The number of benzene rings is 1. The molecule has 1 aromatic rings. The van der Waals surface area contributed by atoms with Gasteiger partial charge < -0.3 is 10.2 Å². The second-order valence-corrected chi connectivity index (χ2v) is 5.55. The first-order valence-corrected chi connectivity index (χ1v) is 7.19. The van der Waals surface area contributed by atoms with Crippen molar-refractivity contribution < 1.29 is 0 Å². The first kappa shape index (κ1) is 13.4. The van der Waals surface area contributed by atoms with Crippen LogP contribution in [0.5, 0.6) is 0 Å². The van der Waals surface area contributed by atoms with E-state index in [0.717, 1.165) is 12.6 Å². The van der Waals surface area contributed by atoms with E-state index in [1.54, 1.807) is 0 Å². The Hall–Kier alpha value is -1.02. The average Bonchev–Trinajstić information content (AvgIpc) is 2.40. The maximum absolute atomic E-state index is 3.21. The molecule has 2 nitrogen and oxygen atoms in total. The van der Waals surface area contributed by atoms with Crippen LogP contribution in [0, 0.1) is 6.92 Å². The fourth-order valence-electron chi connectivity index (χ4n) is 3.09. The zero-order valence-corrected chi connectivity index (χ0v) is 12.0. The van der Waals surface area contributed by atoms with Crippen molar-refractivity contribution in [2.45, 2.75) is 51.6 Å². The molecule has 0 aromatic heterocycles. The molecule has 0 amide bonds. The van der Waals surface area contributed by atoms with Gasteiger partial charge >= 0.3 is 0 Å². The van der Waals surface area contributed by atoms with Crippen LogP contribution in [0.25, 0.3) is 0 Å². The maximum Gasteiger partial charge on any atom is 0.0396 e. The molecule has 1 aliphatic rings. The molecule has 2 heteroatoms. The van der Waals surface area contributed by atoms with Gasteiger partial charge in [-0.1, -0.05) is 31.4 Å². The van der Waals surface area contributed by atoms with Crippen LogP contribution >= 0.6 is 0 Å². The smallest absolute Gasteiger partial charge is 0.0396 e. The number of nitrogens with zero attached hydrogens (tertiary/aromatic N) is 1. The van der Waals surface area contributed by atoms with Gasteiger partial charge in [0.2, 0.25) is 0 Å². The summed E-state index contributed by atoms with van der Waals surface area (Å²) in [5.74, 6) is 0. The van der Waals surface area contributed by atoms with Gasteiger partial charge in [-0.2, -0.15) is 0 Å². The molecule has 1 aliphatic carbocycles. The number of nitrogens with one attached hydrogen (secondary N) is 1. The van der Waals surface area contributed by atoms with Gasteiger partial charge in [0.1, 0.15) is 0 Å². The zero-order chi connectivity index (χ0) is 13.0. The zero-order valence-electron chi connectivity index (χ0n) is 12.0. The van der Waals surface area contributed by atoms with E-state index in [1.165, 1.54) is 48.9 Å². The molecule has 1 N–H and O–H groups in total. The lowest BCUT2D eigenvalue weighted by molar-refractivity contribution is 0.427. The third-order valence-corrected chi connectivity index (χ3v) is 4.14. The first-order valence-electron chi connectivity index (χ1n) is 7.19. The summed E-state index contributed by atoms with van der Waals surface area (Å²) in [6.45, 7) is 3.18. The van der Waals surface area contributed by atoms with E-state index in [1.807, 2.05) is 7.05 Å². The van der Waals surface area contributed by atoms with Gasteiger partial charge in [0, 0.05) is 25.3 Å². The molecule has 18 heavy (non-hydrogen) atoms. The highest BCUT2D eigenvalue weighted by Crippen LogP contribution is 2.28. The molecule has 0 radical (unpaired) electrons. The van der Waals surface area contributed by atoms with Crippen molar-refractivity contribution in [3.63, 3.8) is 0 Å². The van der Waals surface area contributed by atoms with E-state index in [4.69, 9.17) is 0 Å². The fourth-order valence-corrected chi connectivity index (χ4v) is 3.09. The lowest BCUT2D eigenvalue weighted by atomic mass is 9.93. The maximum atomic E-state index is 3.21. The lowest BCUT2D eigenvalue weighted by Gasteiger charge is -2.34. The largest absolute Gasteiger partial charge is 0.371 e. The number of hydrogen-bond donors (Lipinski definition) is 1. The minimum atomic E-state index is 0.743. The van der Waals surface area contributed by atoms with Crippen LogP contribution in [0.3, 0.4) is 0 Å². The van der Waals surface area contributed by atoms with Crippen LogP contribution in [-0.4, -0.2) is 20.1 Å². The molecule has 0 saturated heterocycles. The lowest BCUT2D eigenvalue weighted by Crippen LogP contribution is -2.33. The second-order valence-electron chi connectivity index (χ2n) is 5.55. The second kappa shape index (κ2) is 6.24. The minimum Gasteiger partial charge on any atom is -0.371 e. The SMILES string of the molecule is CNCc1ccc(N(C)C2CCCCC2)c(C)c1. The molecule has 0 aliphatic heterocycles. The molecule has 0 heterocycles. The van der Waals surface area contributed by atoms with Crippen molar-refractivity contribution in [3.05, 3.63) is 29.3 Å². The van der Waals surface area contributed by atoms with Crippen molar-refractivity contribution in [3.8, 4) is 0 Å². The summed E-state index contributed by atoms with van der Waals surface area (Å²) < 4.78 is 0. The van der Waals surface area contributed by atoms with Gasteiger partial charge in [0.05, 0.1) is 0 Å². The number of rotatable bonds is 4. The van der Waals surface area contributed by atoms with Crippen LogP contribution in [-0.2, 0) is 6.54 Å². The van der Waals surface area contributed by atoms with E-state index < -0.39 is 0 Å². The number of aryl methyl sites for hydroxylation is 1. The molecule has 1 aromatic carbocycles. The van der Waals surface area contributed by atoms with Gasteiger partial charge in [-0.15, -0.1) is 0 Å². The Morgan fingerprint density at radius 3 is 2.56 bits per heavy atom. The highest BCUT2D eigenvalue weighted by Gasteiger charge is 2.19. The molecular weight excluding hydrogens is 220 g/mol. The summed E-state index contributed by atoms with van der Waals surface area (Å²) in [5.41, 5.74) is 4.17. The summed E-state index contributed by atoms with van der Waals surface area (Å²) >= 11 is 0. The van der Waals surface area contributed by atoms with E-state index in [-0.39, 0.29) is 0 Å². The highest BCUT2D eigenvalue weighted by atomic mass is 15.1. The summed E-state index contributed by atoms with van der Waals surface area (Å²) in [7, 11) is 4.26. The predicted octanol–water partition coefficient (Wildman–Crippen LogP) is 3.48. The van der Waals surface area contributed by atoms with Crippen molar-refractivity contribution in [2.75, 3.05) is 19.0 Å². The Labute approximate surface area is 111 Å². The third kappa shape index (κ3) is 3.05. The Balaban J connectivity index is 2.11. The monoisotopic (exact) mass is 246 g/mol. The van der Waals surface area contributed by atoms with Crippen molar-refractivity contribution in [1.29, 1.82) is 0 Å². The normalized spacial score (nSPS) is 16.8. The van der Waals surface area contributed by atoms with Gasteiger partial charge in [-0.05, 0) is 44.0 Å². The van der Waals surface area contributed by atoms with Gasteiger partial charge in [0.25, 0.3) is 0 Å².